The van der Waals surface area contributed by atoms with Crippen LogP contribution in [-0.4, -0.2) is 37.6 Å². The van der Waals surface area contributed by atoms with Gasteiger partial charge >= 0.3 is 9.36 Å². The summed E-state index contributed by atoms with van der Waals surface area (Å²) < 4.78 is 5.54. The van der Waals surface area contributed by atoms with Crippen LogP contribution in [0.4, 0.5) is 0 Å². The molecule has 0 bridgehead atoms. The molecule has 2 N–H and O–H groups in total. The molecule has 0 aliphatic heterocycles. The second-order valence-corrected chi connectivity index (χ2v) is 12.1. The van der Waals surface area contributed by atoms with Crippen molar-refractivity contribution in [3.8, 4) is 0 Å². The predicted molar refractivity (Wildman–Crippen MR) is 64.0 cm³/mol. The van der Waals surface area contributed by atoms with Crippen molar-refractivity contribution < 1.29 is 4.43 Å². The van der Waals surface area contributed by atoms with E-state index >= 15 is 0 Å². The maximum absolute atomic E-state index is 5.54. The van der Waals surface area contributed by atoms with Crippen LogP contribution in [-0.2, 0) is 4.43 Å². The average molecular weight is 220 g/mol. The van der Waals surface area contributed by atoms with Crippen LogP contribution < -0.4 is 9.96 Å². The summed E-state index contributed by atoms with van der Waals surface area (Å²) in [5, 5.41) is 0. The Morgan fingerprint density at radius 2 is 1.92 bits per heavy atom. The van der Waals surface area contributed by atoms with E-state index in [2.05, 4.69) is 29.6 Å². The van der Waals surface area contributed by atoms with Crippen molar-refractivity contribution in [2.75, 3.05) is 20.2 Å². The monoisotopic (exact) mass is 220 g/mol. The van der Waals surface area contributed by atoms with Crippen molar-refractivity contribution in [3.63, 3.8) is 0 Å². The van der Waals surface area contributed by atoms with Crippen molar-refractivity contribution in [2.24, 2.45) is 0 Å². The van der Waals surface area contributed by atoms with Crippen molar-refractivity contribution in [1.29, 1.82) is 0 Å². The van der Waals surface area contributed by atoms with E-state index in [9.17, 15) is 0 Å². The van der Waals surface area contributed by atoms with Crippen LogP contribution in [0.1, 0.15) is 6.92 Å². The van der Waals surface area contributed by atoms with Crippen LogP contribution in [0.2, 0.25) is 25.7 Å². The van der Waals surface area contributed by atoms with Crippen molar-refractivity contribution in [2.45, 2.75) is 32.6 Å². The molecule has 0 rings (SSSR count). The third-order valence-electron chi connectivity index (χ3n) is 1.80. The highest BCUT2D eigenvalue weighted by atomic mass is 28.3. The fourth-order valence-electron chi connectivity index (χ4n) is 0.989. The van der Waals surface area contributed by atoms with Gasteiger partial charge in [0, 0.05) is 14.7 Å². The minimum Gasteiger partial charge on any atom is -0.394 e. The lowest BCUT2D eigenvalue weighted by Crippen LogP contribution is -2.49. The number of rotatable bonds is 7. The van der Waals surface area contributed by atoms with Gasteiger partial charge in [-0.2, -0.15) is 0 Å². The van der Waals surface area contributed by atoms with Crippen LogP contribution in [0.25, 0.3) is 0 Å². The summed E-state index contributed by atoms with van der Waals surface area (Å²) in [5.74, 6) is 0. The maximum Gasteiger partial charge on any atom is 0.334 e. The Labute approximate surface area is 85.1 Å². The normalized spacial score (nSPS) is 14.5. The van der Waals surface area contributed by atoms with Gasteiger partial charge in [-0.3, -0.25) is 0 Å². The minimum absolute atomic E-state index is 0.803. The van der Waals surface area contributed by atoms with E-state index in [1.54, 1.807) is 0 Å². The van der Waals surface area contributed by atoms with Crippen LogP contribution in [0, 0.1) is 0 Å². The van der Waals surface area contributed by atoms with Gasteiger partial charge in [-0.25, -0.2) is 0 Å². The lowest BCUT2D eigenvalue weighted by molar-refractivity contribution is 0.327. The third kappa shape index (κ3) is 8.64. The molecule has 0 heterocycles. The van der Waals surface area contributed by atoms with Crippen molar-refractivity contribution in [1.82, 2.24) is 9.96 Å². The van der Waals surface area contributed by atoms with Crippen LogP contribution in [0.5, 0.6) is 0 Å². The summed E-state index contributed by atoms with van der Waals surface area (Å²) in [6, 6.07) is 1.32. The first-order valence-corrected chi connectivity index (χ1v) is 10.3. The van der Waals surface area contributed by atoms with Crippen LogP contribution in [0.15, 0.2) is 0 Å². The largest absolute Gasteiger partial charge is 0.394 e. The lowest BCUT2D eigenvalue weighted by atomic mass is 10.8. The smallest absolute Gasteiger partial charge is 0.334 e. The molecule has 0 spiro atoms. The third-order valence-corrected chi connectivity index (χ3v) is 5.40. The van der Waals surface area contributed by atoms with Gasteiger partial charge in [0.2, 0.25) is 0 Å². The molecular formula is C8H24N2OSi2. The van der Waals surface area contributed by atoms with Gasteiger partial charge in [0.15, 0.2) is 0 Å². The zero-order valence-corrected chi connectivity index (χ0v) is 11.8. The number of hydrogen-bond donors (Lipinski definition) is 2. The molecule has 0 aromatic rings. The van der Waals surface area contributed by atoms with Crippen LogP contribution >= 0.6 is 0 Å². The van der Waals surface area contributed by atoms with Gasteiger partial charge in [-0.15, -0.1) is 0 Å². The molecule has 5 heteroatoms. The molecule has 3 nitrogen and oxygen atoms in total. The van der Waals surface area contributed by atoms with E-state index in [4.69, 9.17) is 4.43 Å². The first-order chi connectivity index (χ1) is 5.99. The SMILES string of the molecule is CCO[SiH](NC)NCC[Si](C)(C)C. The average Bonchev–Trinajstić information content (AvgIpc) is 2.01. The molecule has 13 heavy (non-hydrogen) atoms. The highest BCUT2D eigenvalue weighted by molar-refractivity contribution is 6.76. The molecule has 0 saturated heterocycles. The van der Waals surface area contributed by atoms with Gasteiger partial charge in [0.25, 0.3) is 0 Å². The molecule has 1 unspecified atom stereocenters. The molecule has 80 valence electrons. The molecule has 0 saturated carbocycles. The summed E-state index contributed by atoms with van der Waals surface area (Å²) in [5.41, 5.74) is 0. The first-order valence-electron chi connectivity index (χ1n) is 5.02. The molecule has 0 radical (unpaired) electrons. The fraction of sp³-hybridized carbons (Fsp3) is 1.00. The Balaban J connectivity index is 3.49. The fourth-order valence-corrected chi connectivity index (χ4v) is 3.40. The Hall–Kier alpha value is 0.314. The molecular weight excluding hydrogens is 196 g/mol. The Morgan fingerprint density at radius 3 is 2.31 bits per heavy atom. The van der Waals surface area contributed by atoms with E-state index in [1.165, 1.54) is 6.04 Å². The minimum atomic E-state index is -1.28. The first kappa shape index (κ1) is 13.3. The summed E-state index contributed by atoms with van der Waals surface area (Å²) in [7, 11) is -0.197. The summed E-state index contributed by atoms with van der Waals surface area (Å²) in [6.45, 7) is 11.1. The van der Waals surface area contributed by atoms with E-state index in [-0.39, 0.29) is 0 Å². The van der Waals surface area contributed by atoms with Gasteiger partial charge in [-0.1, -0.05) is 19.6 Å². The van der Waals surface area contributed by atoms with E-state index in [0.29, 0.717) is 0 Å². The Morgan fingerprint density at radius 1 is 1.31 bits per heavy atom. The predicted octanol–water partition coefficient (Wildman–Crippen LogP) is 0.887. The van der Waals surface area contributed by atoms with E-state index in [0.717, 1.165) is 13.2 Å². The summed E-state index contributed by atoms with van der Waals surface area (Å²) in [6.07, 6.45) is 0. The quantitative estimate of drug-likeness (QED) is 0.625. The number of hydrogen-bond acceptors (Lipinski definition) is 3. The highest BCUT2D eigenvalue weighted by Gasteiger charge is 2.14. The highest BCUT2D eigenvalue weighted by Crippen LogP contribution is 2.05. The van der Waals surface area contributed by atoms with Crippen LogP contribution in [0.3, 0.4) is 0 Å². The summed E-state index contributed by atoms with van der Waals surface area (Å²) >= 11 is 0. The van der Waals surface area contributed by atoms with E-state index in [1.807, 2.05) is 14.0 Å². The second kappa shape index (κ2) is 6.72. The Bertz CT molecular complexity index is 128. The number of nitrogens with one attached hydrogen (secondary N) is 2. The molecule has 0 fully saturated rings. The van der Waals surface area contributed by atoms with Gasteiger partial charge in [0.05, 0.1) is 0 Å². The maximum atomic E-state index is 5.54. The van der Waals surface area contributed by atoms with Gasteiger partial charge < -0.3 is 14.4 Å². The standard InChI is InChI=1S/C8H24N2OSi2/c1-6-11-12(9-2)10-7-8-13(3,4)5/h9-10,12H,6-8H2,1-5H3. The summed E-state index contributed by atoms with van der Waals surface area (Å²) in [4.78, 5) is 6.68. The zero-order valence-electron chi connectivity index (χ0n) is 9.61. The molecule has 0 aromatic carbocycles. The molecule has 0 aliphatic rings. The van der Waals surface area contributed by atoms with Crippen molar-refractivity contribution >= 4 is 17.4 Å². The molecule has 0 amide bonds. The second-order valence-electron chi connectivity index (χ2n) is 4.39. The topological polar surface area (TPSA) is 33.3 Å². The molecule has 1 atom stereocenters. The molecule has 0 aromatic heterocycles. The van der Waals surface area contributed by atoms with Crippen molar-refractivity contribution in [3.05, 3.63) is 0 Å². The molecule has 0 aliphatic carbocycles. The van der Waals surface area contributed by atoms with E-state index < -0.39 is 17.4 Å². The van der Waals surface area contributed by atoms with Gasteiger partial charge in [-0.05, 0) is 26.6 Å². The zero-order chi connectivity index (χ0) is 10.3. The Kier molecular flexibility index (Phi) is 6.88. The van der Waals surface area contributed by atoms with Gasteiger partial charge in [0.1, 0.15) is 0 Å². The lowest BCUT2D eigenvalue weighted by Gasteiger charge is -2.19.